The van der Waals surface area contributed by atoms with E-state index in [9.17, 15) is 27.7 Å². The van der Waals surface area contributed by atoms with E-state index in [4.69, 9.17) is 9.47 Å². The van der Waals surface area contributed by atoms with Crippen molar-refractivity contribution in [2.24, 2.45) is 5.92 Å². The Morgan fingerprint density at radius 1 is 1.28 bits per heavy atom. The van der Waals surface area contributed by atoms with Gasteiger partial charge in [0.1, 0.15) is 23.8 Å². The number of piperidine rings is 1. The van der Waals surface area contributed by atoms with Crippen LogP contribution in [0.1, 0.15) is 33.6 Å². The zero-order valence-corrected chi connectivity index (χ0v) is 20.9. The van der Waals surface area contributed by atoms with Gasteiger partial charge < -0.3 is 19.7 Å². The van der Waals surface area contributed by atoms with E-state index in [0.717, 1.165) is 24.7 Å². The molecule has 1 amide bonds. The van der Waals surface area contributed by atoms with E-state index in [-0.39, 0.29) is 34.2 Å². The fourth-order valence-electron chi connectivity index (χ4n) is 4.43. The Bertz CT molecular complexity index is 1310. The summed E-state index contributed by atoms with van der Waals surface area (Å²) in [6.07, 6.45) is 2.19. The zero-order chi connectivity index (χ0) is 26.4. The van der Waals surface area contributed by atoms with Gasteiger partial charge in [0.2, 0.25) is 5.82 Å². The molecule has 36 heavy (non-hydrogen) atoms. The minimum atomic E-state index is -3.64. The van der Waals surface area contributed by atoms with Crippen molar-refractivity contribution in [3.63, 3.8) is 0 Å². The van der Waals surface area contributed by atoms with Gasteiger partial charge in [-0.15, -0.1) is 0 Å². The first-order valence-electron chi connectivity index (χ1n) is 11.1. The van der Waals surface area contributed by atoms with Crippen LogP contribution in [0, 0.1) is 21.8 Å². The molecular formula is C22H26FN5O7S. The summed E-state index contributed by atoms with van der Waals surface area (Å²) in [5.74, 6) is -1.43. The highest BCUT2D eigenvalue weighted by molar-refractivity contribution is 7.90. The molecule has 1 saturated heterocycles. The molecule has 2 heterocycles. The van der Waals surface area contributed by atoms with Crippen LogP contribution in [0.25, 0.3) is 0 Å². The van der Waals surface area contributed by atoms with Gasteiger partial charge in [-0.1, -0.05) is 0 Å². The highest BCUT2D eigenvalue weighted by Gasteiger charge is 2.50. The first kappa shape index (κ1) is 25.5. The fourth-order valence-corrected chi connectivity index (χ4v) is 5.06. The lowest BCUT2D eigenvalue weighted by Crippen LogP contribution is -2.48. The molecule has 1 aliphatic heterocycles. The number of nitrogens with zero attached hydrogens (tertiary/aromatic N) is 4. The number of benzene rings is 1. The number of sulfone groups is 1. The van der Waals surface area contributed by atoms with Crippen LogP contribution in [0.15, 0.2) is 29.4 Å². The molecule has 1 N–H and O–H groups in total. The van der Waals surface area contributed by atoms with Crippen molar-refractivity contribution in [3.8, 4) is 5.88 Å². The number of fused-ring (bicyclic) bond motifs is 2. The monoisotopic (exact) mass is 523 g/mol. The molecule has 194 valence electrons. The minimum Gasteiger partial charge on any atom is -0.467 e. The summed E-state index contributed by atoms with van der Waals surface area (Å²) in [5, 5.41) is 14.4. The van der Waals surface area contributed by atoms with Crippen LogP contribution in [0.2, 0.25) is 0 Å². The Balaban J connectivity index is 1.58. The molecule has 2 aliphatic rings. The molecule has 14 heteroatoms. The molecule has 1 saturated carbocycles. The number of amides is 1. The summed E-state index contributed by atoms with van der Waals surface area (Å²) in [7, 11) is -3.64. The third-order valence-corrected chi connectivity index (χ3v) is 7.02. The molecule has 4 rings (SSSR count). The van der Waals surface area contributed by atoms with Crippen LogP contribution in [0.3, 0.4) is 0 Å². The van der Waals surface area contributed by atoms with Gasteiger partial charge in [-0.25, -0.2) is 22.6 Å². The topological polar surface area (TPSA) is 154 Å². The SMILES string of the molecule is CC(C)(C)OC(=O)N1CC2CC(Oc3ncnc(Nc4ccc(S(C)(=O)=O)cc4F)c3[N+](=O)[O-])C1C2. The Morgan fingerprint density at radius 3 is 2.58 bits per heavy atom. The van der Waals surface area contributed by atoms with Crippen LogP contribution in [-0.4, -0.2) is 64.8 Å². The van der Waals surface area contributed by atoms with Gasteiger partial charge in [-0.05, 0) is 57.7 Å². The van der Waals surface area contributed by atoms with Crippen LogP contribution in [0.5, 0.6) is 5.88 Å². The number of carbonyl (C=O) groups is 1. The summed E-state index contributed by atoms with van der Waals surface area (Å²) < 4.78 is 49.2. The van der Waals surface area contributed by atoms with E-state index in [1.165, 1.54) is 6.07 Å². The molecule has 3 unspecified atom stereocenters. The van der Waals surface area contributed by atoms with Gasteiger partial charge >= 0.3 is 11.8 Å². The standard InChI is InChI=1S/C22H26FN5O7S/c1-22(2,3)35-21(29)27-10-12-7-16(27)17(8-12)34-20-18(28(30)31)19(24-11-25-20)26-15-6-5-13(9-14(15)23)36(4,32)33/h5-6,9,11-12,16-17H,7-8,10H2,1-4H3,(H,24,25,26). The number of carbonyl (C=O) groups excluding carboxylic acids is 1. The minimum absolute atomic E-state index is 0.161. The van der Waals surface area contributed by atoms with Gasteiger partial charge in [0.15, 0.2) is 9.84 Å². The Hall–Kier alpha value is -3.55. The number of nitrogens with one attached hydrogen (secondary N) is 1. The molecule has 2 fully saturated rings. The number of halogens is 1. The van der Waals surface area contributed by atoms with E-state index in [1.54, 1.807) is 25.7 Å². The second-order valence-corrected chi connectivity index (χ2v) is 11.9. The first-order valence-corrected chi connectivity index (χ1v) is 13.0. The third kappa shape index (κ3) is 5.32. The summed E-state index contributed by atoms with van der Waals surface area (Å²) in [6.45, 7) is 5.82. The van der Waals surface area contributed by atoms with Gasteiger partial charge in [-0.2, -0.15) is 4.98 Å². The van der Waals surface area contributed by atoms with Crippen molar-refractivity contribution in [3.05, 3.63) is 40.5 Å². The van der Waals surface area contributed by atoms with Crippen molar-refractivity contribution in [1.29, 1.82) is 0 Å². The van der Waals surface area contributed by atoms with E-state index in [1.807, 2.05) is 0 Å². The third-order valence-electron chi connectivity index (χ3n) is 5.91. The molecule has 1 aromatic heterocycles. The summed E-state index contributed by atoms with van der Waals surface area (Å²) in [5.41, 5.74) is -1.50. The van der Waals surface area contributed by atoms with Crippen molar-refractivity contribution >= 4 is 33.1 Å². The summed E-state index contributed by atoms with van der Waals surface area (Å²) >= 11 is 0. The number of rotatable bonds is 6. The average molecular weight is 524 g/mol. The van der Waals surface area contributed by atoms with Crippen molar-refractivity contribution in [2.45, 2.75) is 56.3 Å². The smallest absolute Gasteiger partial charge is 0.410 e. The lowest BCUT2D eigenvalue weighted by Gasteiger charge is -2.34. The number of likely N-dealkylation sites (tertiary alicyclic amines) is 1. The average Bonchev–Trinajstić information content (AvgIpc) is 3.34. The van der Waals surface area contributed by atoms with Gasteiger partial charge in [0, 0.05) is 12.8 Å². The lowest BCUT2D eigenvalue weighted by atomic mass is 10.1. The summed E-state index contributed by atoms with van der Waals surface area (Å²) in [6, 6.07) is 2.79. The number of nitro groups is 1. The Labute approximate surface area is 206 Å². The fraction of sp³-hybridized carbons (Fsp3) is 0.500. The van der Waals surface area contributed by atoms with Gasteiger partial charge in [-0.3, -0.25) is 10.1 Å². The molecular weight excluding hydrogens is 497 g/mol. The molecule has 1 aromatic carbocycles. The van der Waals surface area contributed by atoms with Crippen LogP contribution < -0.4 is 10.1 Å². The van der Waals surface area contributed by atoms with E-state index >= 15 is 0 Å². The van der Waals surface area contributed by atoms with Crippen molar-refractivity contribution in [2.75, 3.05) is 18.1 Å². The highest BCUT2D eigenvalue weighted by atomic mass is 32.2. The summed E-state index contributed by atoms with van der Waals surface area (Å²) in [4.78, 5) is 32.9. The predicted molar refractivity (Wildman–Crippen MR) is 125 cm³/mol. The lowest BCUT2D eigenvalue weighted by molar-refractivity contribution is -0.385. The maximum Gasteiger partial charge on any atom is 0.410 e. The maximum absolute atomic E-state index is 14.5. The molecule has 3 atom stereocenters. The number of aromatic nitrogens is 2. The molecule has 0 radical (unpaired) electrons. The van der Waals surface area contributed by atoms with Gasteiger partial charge in [0.05, 0.1) is 21.5 Å². The van der Waals surface area contributed by atoms with Crippen LogP contribution >= 0.6 is 0 Å². The van der Waals surface area contributed by atoms with E-state index in [2.05, 4.69) is 15.3 Å². The molecule has 12 nitrogen and oxygen atoms in total. The van der Waals surface area contributed by atoms with Crippen molar-refractivity contribution in [1.82, 2.24) is 14.9 Å². The highest BCUT2D eigenvalue weighted by Crippen LogP contribution is 2.42. The van der Waals surface area contributed by atoms with E-state index in [0.29, 0.717) is 19.4 Å². The quantitative estimate of drug-likeness (QED) is 0.440. The number of hydrogen-bond donors (Lipinski definition) is 1. The maximum atomic E-state index is 14.5. The first-order chi connectivity index (χ1) is 16.7. The normalized spacial score (nSPS) is 21.4. The molecule has 0 spiro atoms. The Morgan fingerprint density at radius 2 is 2.00 bits per heavy atom. The van der Waals surface area contributed by atoms with Gasteiger partial charge in [0.25, 0.3) is 5.88 Å². The van der Waals surface area contributed by atoms with E-state index < -0.39 is 44.1 Å². The number of hydrogen-bond acceptors (Lipinski definition) is 10. The zero-order valence-electron chi connectivity index (χ0n) is 20.1. The molecule has 2 bridgehead atoms. The molecule has 1 aliphatic carbocycles. The second-order valence-electron chi connectivity index (χ2n) is 9.87. The van der Waals surface area contributed by atoms with Crippen LogP contribution in [0.4, 0.5) is 26.4 Å². The number of ether oxygens (including phenoxy) is 2. The second kappa shape index (κ2) is 9.15. The Kier molecular flexibility index (Phi) is 6.49. The van der Waals surface area contributed by atoms with Crippen molar-refractivity contribution < 1.29 is 32.0 Å². The largest absolute Gasteiger partial charge is 0.467 e. The van der Waals surface area contributed by atoms with Crippen LogP contribution in [-0.2, 0) is 14.6 Å². The number of anilines is 2. The predicted octanol–water partition coefficient (Wildman–Crippen LogP) is 3.45. The molecule has 2 aromatic rings.